The Morgan fingerprint density at radius 2 is 1.61 bits per heavy atom. The fourth-order valence-corrected chi connectivity index (χ4v) is 5.35. The Kier molecular flexibility index (Phi) is 4.74. The van der Waals surface area contributed by atoms with E-state index < -0.39 is 7.12 Å². The van der Waals surface area contributed by atoms with Gasteiger partial charge in [0.05, 0.1) is 16.4 Å². The largest absolute Gasteiger partial charge is 0.488 e. The molecule has 7 rings (SSSR count). The van der Waals surface area contributed by atoms with Crippen LogP contribution in [0.15, 0.2) is 114 Å². The van der Waals surface area contributed by atoms with E-state index in [0.717, 1.165) is 67.0 Å². The van der Waals surface area contributed by atoms with Crippen molar-refractivity contribution in [1.82, 2.24) is 4.57 Å². The Labute approximate surface area is 207 Å². The summed E-state index contributed by atoms with van der Waals surface area (Å²) >= 11 is 0. The summed E-state index contributed by atoms with van der Waals surface area (Å²) in [7, 11) is -1.50. The van der Waals surface area contributed by atoms with E-state index in [1.54, 1.807) is 6.07 Å². The second-order valence-electron chi connectivity index (χ2n) is 9.15. The predicted octanol–water partition coefficient (Wildman–Crippen LogP) is 6.40. The van der Waals surface area contributed by atoms with Gasteiger partial charge in [-0.25, -0.2) is 0 Å². The molecule has 2 aromatic heterocycles. The highest BCUT2D eigenvalue weighted by molar-refractivity contribution is 6.58. The second kappa shape index (κ2) is 8.13. The van der Waals surface area contributed by atoms with Gasteiger partial charge >= 0.3 is 7.12 Å². The van der Waals surface area contributed by atoms with Crippen LogP contribution < -0.4 is 5.46 Å². The summed E-state index contributed by atoms with van der Waals surface area (Å²) in [6.45, 7) is 0. The summed E-state index contributed by atoms with van der Waals surface area (Å²) in [4.78, 5) is 0. The maximum atomic E-state index is 9.68. The molecule has 0 radical (unpaired) electrons. The second-order valence-corrected chi connectivity index (χ2v) is 9.15. The number of furan rings is 1. The summed E-state index contributed by atoms with van der Waals surface area (Å²) in [6.07, 6.45) is 11.5. The van der Waals surface area contributed by atoms with Crippen molar-refractivity contribution in [2.45, 2.75) is 6.42 Å². The maximum absolute atomic E-state index is 9.68. The van der Waals surface area contributed by atoms with Crippen LogP contribution in [-0.4, -0.2) is 21.7 Å². The lowest BCUT2D eigenvalue weighted by atomic mass is 9.79. The average Bonchev–Trinajstić information content (AvgIpc) is 3.31. The summed E-state index contributed by atoms with van der Waals surface area (Å²) < 4.78 is 8.74. The first kappa shape index (κ1) is 21.0. The molecular weight excluding hydrogens is 445 g/mol. The zero-order chi connectivity index (χ0) is 24.2. The molecule has 0 aliphatic heterocycles. The molecule has 6 aromatic rings. The van der Waals surface area contributed by atoms with Crippen LogP contribution in [0, 0.1) is 0 Å². The first-order chi connectivity index (χ1) is 17.7. The Bertz CT molecular complexity index is 1900. The molecule has 0 bridgehead atoms. The molecule has 0 spiro atoms. The van der Waals surface area contributed by atoms with E-state index in [-0.39, 0.29) is 0 Å². The van der Waals surface area contributed by atoms with Gasteiger partial charge in [-0.05, 0) is 53.4 Å². The van der Waals surface area contributed by atoms with Crippen LogP contribution in [-0.2, 0) is 0 Å². The first-order valence-electron chi connectivity index (χ1n) is 12.1. The van der Waals surface area contributed by atoms with Crippen molar-refractivity contribution in [3.8, 4) is 11.1 Å². The molecule has 0 atom stereocenters. The molecule has 0 fully saturated rings. The van der Waals surface area contributed by atoms with Gasteiger partial charge in [0, 0.05) is 21.9 Å². The predicted molar refractivity (Wildman–Crippen MR) is 149 cm³/mol. The van der Waals surface area contributed by atoms with Crippen LogP contribution in [0.2, 0.25) is 0 Å². The molecule has 172 valence electrons. The van der Waals surface area contributed by atoms with Gasteiger partial charge in [0.25, 0.3) is 0 Å². The van der Waals surface area contributed by atoms with Gasteiger partial charge < -0.3 is 19.0 Å². The molecule has 0 saturated carbocycles. The summed E-state index contributed by atoms with van der Waals surface area (Å²) in [5.74, 6) is 0. The number of para-hydroxylation sites is 1. The third kappa shape index (κ3) is 3.18. The number of nitrogens with zero attached hydrogens (tertiary/aromatic N) is 1. The minimum atomic E-state index is -1.50. The van der Waals surface area contributed by atoms with Gasteiger partial charge in [-0.2, -0.15) is 0 Å². The van der Waals surface area contributed by atoms with Gasteiger partial charge in [0.2, 0.25) is 0 Å². The average molecular weight is 467 g/mol. The minimum absolute atomic E-state index is 0.470. The van der Waals surface area contributed by atoms with Crippen molar-refractivity contribution >= 4 is 62.0 Å². The number of fused-ring (bicyclic) bond motifs is 7. The molecule has 1 aliphatic rings. The topological polar surface area (TPSA) is 58.5 Å². The van der Waals surface area contributed by atoms with Gasteiger partial charge in [-0.3, -0.25) is 0 Å². The van der Waals surface area contributed by atoms with E-state index in [0.29, 0.717) is 5.46 Å². The van der Waals surface area contributed by atoms with E-state index in [9.17, 15) is 10.0 Å². The van der Waals surface area contributed by atoms with Crippen LogP contribution in [0.4, 0.5) is 0 Å². The maximum Gasteiger partial charge on any atom is 0.488 e. The highest BCUT2D eigenvalue weighted by atomic mass is 16.4. The number of hydrogen-bond acceptors (Lipinski definition) is 3. The molecular formula is C31H22BNO3. The van der Waals surface area contributed by atoms with E-state index in [2.05, 4.69) is 71.3 Å². The minimum Gasteiger partial charge on any atom is -0.455 e. The van der Waals surface area contributed by atoms with Gasteiger partial charge in [-0.1, -0.05) is 78.9 Å². The number of hydrogen-bond donors (Lipinski definition) is 2. The third-order valence-corrected chi connectivity index (χ3v) is 7.03. The number of allylic oxidation sites excluding steroid dienone is 6. The van der Waals surface area contributed by atoms with Crippen LogP contribution >= 0.6 is 0 Å². The van der Waals surface area contributed by atoms with Crippen LogP contribution in [0.5, 0.6) is 0 Å². The van der Waals surface area contributed by atoms with Crippen LogP contribution in [0.3, 0.4) is 0 Å². The van der Waals surface area contributed by atoms with Crippen LogP contribution in [0.25, 0.3) is 60.6 Å². The van der Waals surface area contributed by atoms with Crippen molar-refractivity contribution in [2.24, 2.45) is 0 Å². The van der Waals surface area contributed by atoms with Crippen molar-refractivity contribution in [1.29, 1.82) is 0 Å². The molecule has 36 heavy (non-hydrogen) atoms. The molecule has 2 N–H and O–H groups in total. The van der Waals surface area contributed by atoms with E-state index in [1.165, 1.54) is 0 Å². The standard InChI is InChI=1S/C31H22BNO3/c34-32(35)22-9-7-8-20(18-22)21-14-15-26-28(19-21)33(23-10-3-1-2-4-11-23)27-17-16-25-24-12-5-6-13-29(24)36-31(25)30(26)27/h1-3,5-19,34-35H,4H2. The lowest BCUT2D eigenvalue weighted by Crippen LogP contribution is -2.29. The summed E-state index contributed by atoms with van der Waals surface area (Å²) in [6, 6.07) is 26.3. The van der Waals surface area contributed by atoms with Gasteiger partial charge in [0.1, 0.15) is 11.2 Å². The van der Waals surface area contributed by atoms with Gasteiger partial charge in [0.15, 0.2) is 0 Å². The molecule has 0 saturated heterocycles. The fraction of sp³-hybridized carbons (Fsp3) is 0.0323. The zero-order valence-corrected chi connectivity index (χ0v) is 19.4. The first-order valence-corrected chi connectivity index (χ1v) is 12.1. The lowest BCUT2D eigenvalue weighted by Gasteiger charge is -2.10. The van der Waals surface area contributed by atoms with Gasteiger partial charge in [-0.15, -0.1) is 0 Å². The molecule has 1 aliphatic carbocycles. The van der Waals surface area contributed by atoms with E-state index in [4.69, 9.17) is 4.42 Å². The quantitative estimate of drug-likeness (QED) is 0.296. The van der Waals surface area contributed by atoms with Crippen LogP contribution in [0.1, 0.15) is 6.42 Å². The summed E-state index contributed by atoms with van der Waals surface area (Å²) in [5.41, 5.74) is 7.45. The van der Waals surface area contributed by atoms with Crippen molar-refractivity contribution < 1.29 is 14.5 Å². The van der Waals surface area contributed by atoms with E-state index >= 15 is 0 Å². The Hall–Kier alpha value is -4.32. The highest BCUT2D eigenvalue weighted by Gasteiger charge is 2.20. The molecule has 4 aromatic carbocycles. The Morgan fingerprint density at radius 1 is 0.750 bits per heavy atom. The molecule has 5 heteroatoms. The Morgan fingerprint density at radius 3 is 2.53 bits per heavy atom. The van der Waals surface area contributed by atoms with Crippen molar-refractivity contribution in [3.05, 3.63) is 109 Å². The molecule has 0 unspecified atom stereocenters. The SMILES string of the molecule is OB(O)c1cccc(-c2ccc3c4c5oc6ccccc6c5ccc4n(C4=CCC=CC=C4)c3c2)c1. The third-order valence-electron chi connectivity index (χ3n) is 7.03. The van der Waals surface area contributed by atoms with Crippen molar-refractivity contribution in [3.63, 3.8) is 0 Å². The number of benzene rings is 4. The molecule has 2 heterocycles. The number of rotatable bonds is 3. The fourth-order valence-electron chi connectivity index (χ4n) is 5.35. The highest BCUT2D eigenvalue weighted by Crippen LogP contribution is 2.41. The van der Waals surface area contributed by atoms with E-state index in [1.807, 2.05) is 36.4 Å². The lowest BCUT2D eigenvalue weighted by molar-refractivity contribution is 0.426. The number of aromatic nitrogens is 1. The summed E-state index contributed by atoms with van der Waals surface area (Å²) in [5, 5.41) is 23.8. The zero-order valence-electron chi connectivity index (χ0n) is 19.4. The normalized spacial score (nSPS) is 13.7. The molecule has 0 amide bonds. The van der Waals surface area contributed by atoms with Crippen molar-refractivity contribution in [2.75, 3.05) is 0 Å². The molecule has 4 nitrogen and oxygen atoms in total. The smallest absolute Gasteiger partial charge is 0.455 e. The monoisotopic (exact) mass is 467 g/mol. The Balaban J connectivity index is 1.58.